The fourth-order valence-corrected chi connectivity index (χ4v) is 9.97. The molecule has 9 heteroatoms. The molecule has 4 aromatic carbocycles. The van der Waals surface area contributed by atoms with E-state index in [-0.39, 0.29) is 22.4 Å². The van der Waals surface area contributed by atoms with E-state index in [0.717, 1.165) is 74.2 Å². The quantitative estimate of drug-likeness (QED) is 0.0232. The molecule has 0 aliphatic heterocycles. The van der Waals surface area contributed by atoms with Crippen LogP contribution >= 0.6 is 22.7 Å². The first-order valence-electron chi connectivity index (χ1n) is 23.3. The molecule has 64 heavy (non-hydrogen) atoms. The number of hydrogen-bond donors (Lipinski definition) is 0. The van der Waals surface area contributed by atoms with E-state index < -0.39 is 5.97 Å². The van der Waals surface area contributed by atoms with E-state index in [4.69, 9.17) is 18.9 Å². The number of hydrogen-bond acceptors (Lipinski definition) is 9. The maximum atomic E-state index is 13.5. The second-order valence-electron chi connectivity index (χ2n) is 16.5. The van der Waals surface area contributed by atoms with Crippen molar-refractivity contribution in [3.05, 3.63) is 139 Å². The molecule has 0 bridgehead atoms. The van der Waals surface area contributed by atoms with Crippen LogP contribution in [0, 0.1) is 0 Å². The number of esters is 1. The molecule has 6 rings (SSSR count). The molecule has 0 atom stereocenters. The zero-order valence-corrected chi connectivity index (χ0v) is 39.8. The summed E-state index contributed by atoms with van der Waals surface area (Å²) in [5.74, 6) is 0.882. The first-order chi connectivity index (χ1) is 31.2. The smallest absolute Gasteiger partial charge is 0.332 e. The van der Waals surface area contributed by atoms with Gasteiger partial charge in [0.25, 0.3) is 0 Å². The molecule has 0 spiro atoms. The van der Waals surface area contributed by atoms with Gasteiger partial charge in [-0.2, -0.15) is 0 Å². The number of rotatable bonds is 26. The third kappa shape index (κ3) is 13.5. The Balaban J connectivity index is 1.02. The molecule has 338 valence electrons. The van der Waals surface area contributed by atoms with Crippen LogP contribution < -0.4 is 19.0 Å². The Morgan fingerprint density at radius 3 is 1.52 bits per heavy atom. The molecule has 0 aliphatic carbocycles. The first kappa shape index (κ1) is 48.4. The van der Waals surface area contributed by atoms with Gasteiger partial charge < -0.3 is 18.9 Å². The molecule has 0 aliphatic rings. The molecule has 7 nitrogen and oxygen atoms in total. The van der Waals surface area contributed by atoms with Crippen molar-refractivity contribution >= 4 is 48.8 Å². The molecular formula is C55H64O7S2. The van der Waals surface area contributed by atoms with Gasteiger partial charge >= 0.3 is 5.97 Å². The van der Waals surface area contributed by atoms with Crippen LogP contribution in [0.1, 0.15) is 114 Å². The number of carbonyl (C=O) groups excluding carboxylic acids is 1. The van der Waals surface area contributed by atoms with Crippen LogP contribution in [0.2, 0.25) is 0 Å². The lowest BCUT2D eigenvalue weighted by atomic mass is 9.95. The summed E-state index contributed by atoms with van der Waals surface area (Å²) in [5.41, 5.74) is 8.65. The number of unbranched alkanes of at least 4 members (excludes halogenated alkanes) is 4. The van der Waals surface area contributed by atoms with Gasteiger partial charge in [0.2, 0.25) is 9.48 Å². The molecule has 0 fully saturated rings. The Hall–Kier alpha value is -5.09. The summed E-state index contributed by atoms with van der Waals surface area (Å²) in [6.07, 6.45) is 14.8. The molecule has 0 saturated heterocycles. The van der Waals surface area contributed by atoms with Gasteiger partial charge in [-0.15, -0.1) is 0 Å². The summed E-state index contributed by atoms with van der Waals surface area (Å²) in [5, 5.41) is 2.03. The SMILES string of the molecule is C=CC(=O)OCOC(CCCOc1ccc2cc(-c3ccc(CCCCC)cc3CC)c(=O)sc2c1)CCCOc1ccc2cc(-c3ccc(CCCCC)cc3CC)c(=O)sc2c1. The van der Waals surface area contributed by atoms with Crippen LogP contribution in [-0.4, -0.2) is 32.1 Å². The zero-order valence-electron chi connectivity index (χ0n) is 38.1. The lowest BCUT2D eigenvalue weighted by molar-refractivity contribution is -0.155. The number of carbonyl (C=O) groups is 1. The van der Waals surface area contributed by atoms with Gasteiger partial charge in [0.05, 0.1) is 19.3 Å². The number of aryl methyl sites for hydroxylation is 4. The van der Waals surface area contributed by atoms with Gasteiger partial charge in [-0.05, 0) is 157 Å². The molecule has 0 N–H and O–H groups in total. The average Bonchev–Trinajstić information content (AvgIpc) is 3.31. The van der Waals surface area contributed by atoms with E-state index in [9.17, 15) is 14.4 Å². The molecule has 2 aromatic heterocycles. The highest BCUT2D eigenvalue weighted by molar-refractivity contribution is 7.16. The van der Waals surface area contributed by atoms with Gasteiger partial charge in [-0.25, -0.2) is 4.79 Å². The highest BCUT2D eigenvalue weighted by Crippen LogP contribution is 2.32. The minimum Gasteiger partial charge on any atom is -0.494 e. The van der Waals surface area contributed by atoms with Crippen LogP contribution in [0.3, 0.4) is 0 Å². The highest BCUT2D eigenvalue weighted by atomic mass is 32.1. The Bertz CT molecular complexity index is 2440. The van der Waals surface area contributed by atoms with Crippen LogP contribution in [0.4, 0.5) is 0 Å². The molecule has 0 amide bonds. The summed E-state index contributed by atoms with van der Waals surface area (Å²) in [6.45, 7) is 13.0. The van der Waals surface area contributed by atoms with E-state index in [1.165, 1.54) is 83.5 Å². The Morgan fingerprint density at radius 1 is 0.594 bits per heavy atom. The van der Waals surface area contributed by atoms with Crippen molar-refractivity contribution in [2.75, 3.05) is 20.0 Å². The lowest BCUT2D eigenvalue weighted by Crippen LogP contribution is -2.19. The van der Waals surface area contributed by atoms with E-state index in [2.05, 4.69) is 70.7 Å². The Labute approximate surface area is 387 Å². The third-order valence-corrected chi connectivity index (χ3v) is 13.7. The second-order valence-corrected chi connectivity index (χ2v) is 18.5. The minimum absolute atomic E-state index is 0.0473. The molecule has 0 unspecified atom stereocenters. The van der Waals surface area contributed by atoms with E-state index in [0.29, 0.717) is 50.4 Å². The van der Waals surface area contributed by atoms with Crippen molar-refractivity contribution in [3.8, 4) is 33.8 Å². The van der Waals surface area contributed by atoms with Gasteiger partial charge in [0, 0.05) is 26.6 Å². The van der Waals surface area contributed by atoms with Crippen LogP contribution in [0.5, 0.6) is 11.5 Å². The summed E-state index contributed by atoms with van der Waals surface area (Å²) < 4.78 is 25.3. The van der Waals surface area contributed by atoms with E-state index in [1.54, 1.807) is 0 Å². The van der Waals surface area contributed by atoms with Crippen molar-refractivity contribution in [1.29, 1.82) is 0 Å². The predicted molar refractivity (Wildman–Crippen MR) is 268 cm³/mol. The summed E-state index contributed by atoms with van der Waals surface area (Å²) >= 11 is 2.52. The van der Waals surface area contributed by atoms with E-state index in [1.807, 2.05) is 48.5 Å². The van der Waals surface area contributed by atoms with Crippen LogP contribution in [0.25, 0.3) is 42.4 Å². The van der Waals surface area contributed by atoms with Crippen LogP contribution in [-0.2, 0) is 40.0 Å². The summed E-state index contributed by atoms with van der Waals surface area (Å²) in [6, 6.07) is 29.1. The predicted octanol–water partition coefficient (Wildman–Crippen LogP) is 13.9. The van der Waals surface area contributed by atoms with Gasteiger partial charge in [0.1, 0.15) is 11.5 Å². The Morgan fingerprint density at radius 2 is 1.08 bits per heavy atom. The highest BCUT2D eigenvalue weighted by Gasteiger charge is 2.15. The monoisotopic (exact) mass is 900 g/mol. The molecule has 0 saturated carbocycles. The van der Waals surface area contributed by atoms with Crippen molar-refractivity contribution in [3.63, 3.8) is 0 Å². The Kier molecular flexibility index (Phi) is 18.8. The molecule has 6 aromatic rings. The fourth-order valence-electron chi connectivity index (χ4n) is 8.17. The van der Waals surface area contributed by atoms with Gasteiger partial charge in [-0.1, -0.05) is 119 Å². The average molecular weight is 901 g/mol. The fraction of sp³-hybridized carbons (Fsp3) is 0.400. The largest absolute Gasteiger partial charge is 0.494 e. The van der Waals surface area contributed by atoms with Gasteiger partial charge in [-0.3, -0.25) is 9.59 Å². The summed E-state index contributed by atoms with van der Waals surface area (Å²) in [4.78, 5) is 38.6. The number of fused-ring (bicyclic) bond motifs is 2. The normalized spacial score (nSPS) is 11.4. The molecule has 2 heterocycles. The van der Waals surface area contributed by atoms with Crippen LogP contribution in [0.15, 0.2) is 107 Å². The standard InChI is InChI=1S/C55H64O7S2/c1-6-11-13-17-38-21-27-47(40(8-3)31-38)49-33-42-23-25-45(35-51(42)63-54(49)57)59-29-15-19-44(61-37-62-53(56)10-5)20-16-30-60-46-26-24-43-34-50(55(58)64-52(43)36-46)48-28-22-39(18-14-12-7-2)32-41(48)9-4/h10,21-28,31-36,44H,5-9,11-20,29-30,37H2,1-4H3. The maximum Gasteiger partial charge on any atom is 0.332 e. The maximum absolute atomic E-state index is 13.5. The van der Waals surface area contributed by atoms with Gasteiger partial charge in [0.15, 0.2) is 6.79 Å². The minimum atomic E-state index is -0.537. The summed E-state index contributed by atoms with van der Waals surface area (Å²) in [7, 11) is 0. The van der Waals surface area contributed by atoms with Crippen molar-refractivity contribution in [2.24, 2.45) is 0 Å². The molecule has 0 radical (unpaired) electrons. The lowest BCUT2D eigenvalue weighted by Gasteiger charge is -2.18. The van der Waals surface area contributed by atoms with E-state index >= 15 is 0 Å². The van der Waals surface area contributed by atoms with Crippen molar-refractivity contribution in [1.82, 2.24) is 0 Å². The zero-order chi connectivity index (χ0) is 45.3. The third-order valence-electron chi connectivity index (χ3n) is 11.8. The first-order valence-corrected chi connectivity index (χ1v) is 24.9. The number of ether oxygens (including phenoxy) is 4. The second kappa shape index (κ2) is 24.8. The molecular weight excluding hydrogens is 837 g/mol. The number of benzene rings is 4. The van der Waals surface area contributed by atoms with Crippen molar-refractivity contribution < 1.29 is 23.7 Å². The topological polar surface area (TPSA) is 88.1 Å². The van der Waals surface area contributed by atoms with Crippen molar-refractivity contribution in [2.45, 2.75) is 124 Å².